The molecule has 0 N–H and O–H groups in total. The van der Waals surface area contributed by atoms with E-state index in [1.807, 2.05) is 43.3 Å². The van der Waals surface area contributed by atoms with Crippen molar-refractivity contribution in [3.8, 4) is 17.1 Å². The maximum Gasteiger partial charge on any atom is 0.165 e. The molecule has 106 valence electrons. The molecule has 1 heterocycles. The minimum atomic E-state index is 0.430. The molecule has 0 saturated heterocycles. The number of aryl methyl sites for hydroxylation is 1. The summed E-state index contributed by atoms with van der Waals surface area (Å²) in [4.78, 5) is 9.02. The van der Waals surface area contributed by atoms with Gasteiger partial charge in [0, 0.05) is 9.86 Å². The number of nitrogens with zero attached hydrogens (tertiary/aromatic N) is 2. The van der Waals surface area contributed by atoms with E-state index in [9.17, 15) is 0 Å². The Morgan fingerprint density at radius 2 is 1.90 bits per heavy atom. The van der Waals surface area contributed by atoms with Crippen LogP contribution in [0, 0.1) is 6.92 Å². The van der Waals surface area contributed by atoms with Gasteiger partial charge in [-0.25, -0.2) is 9.97 Å². The lowest BCUT2D eigenvalue weighted by atomic mass is 10.1. The van der Waals surface area contributed by atoms with Crippen LogP contribution in [0.4, 0.5) is 0 Å². The van der Waals surface area contributed by atoms with Crippen LogP contribution in [0.2, 0.25) is 5.15 Å². The fourth-order valence-corrected chi connectivity index (χ4v) is 2.77. The van der Waals surface area contributed by atoms with Crippen molar-refractivity contribution >= 4 is 38.4 Å². The zero-order chi connectivity index (χ0) is 15.0. The van der Waals surface area contributed by atoms with Gasteiger partial charge >= 0.3 is 0 Å². The van der Waals surface area contributed by atoms with Gasteiger partial charge in [-0.15, -0.1) is 0 Å². The Kier molecular flexibility index (Phi) is 3.83. The van der Waals surface area contributed by atoms with Gasteiger partial charge in [0.1, 0.15) is 10.9 Å². The van der Waals surface area contributed by atoms with E-state index in [0.717, 1.165) is 32.3 Å². The Labute approximate surface area is 136 Å². The molecule has 3 aromatic rings. The van der Waals surface area contributed by atoms with Crippen molar-refractivity contribution in [2.75, 3.05) is 7.11 Å². The van der Waals surface area contributed by atoms with E-state index in [1.165, 1.54) is 0 Å². The lowest BCUT2D eigenvalue weighted by Crippen LogP contribution is -1.95. The molecule has 0 aliphatic carbocycles. The molecule has 0 aliphatic heterocycles. The smallest absolute Gasteiger partial charge is 0.165 e. The highest BCUT2D eigenvalue weighted by Crippen LogP contribution is 2.32. The molecule has 3 rings (SSSR count). The standard InChI is InChI=1S/C16H12BrClN2O/c1-9-3-6-14(21-2)12(7-9)16-19-13-5-4-10(17)8-11(13)15(18)20-16/h3-8H,1-2H3. The molecule has 1 aromatic heterocycles. The number of aromatic nitrogens is 2. The third-order valence-corrected chi connectivity index (χ3v) is 3.99. The quantitative estimate of drug-likeness (QED) is 0.599. The van der Waals surface area contributed by atoms with Crippen LogP contribution in [-0.4, -0.2) is 17.1 Å². The Morgan fingerprint density at radius 1 is 1.10 bits per heavy atom. The van der Waals surface area contributed by atoms with Crippen LogP contribution in [0.5, 0.6) is 5.75 Å². The molecule has 3 nitrogen and oxygen atoms in total. The Morgan fingerprint density at radius 3 is 2.67 bits per heavy atom. The minimum absolute atomic E-state index is 0.430. The van der Waals surface area contributed by atoms with Gasteiger partial charge in [-0.1, -0.05) is 39.2 Å². The second-order valence-corrected chi connectivity index (χ2v) is 5.98. The van der Waals surface area contributed by atoms with Crippen LogP contribution in [0.1, 0.15) is 5.56 Å². The van der Waals surface area contributed by atoms with Crippen LogP contribution in [0.25, 0.3) is 22.3 Å². The zero-order valence-electron chi connectivity index (χ0n) is 11.5. The molecule has 0 radical (unpaired) electrons. The first-order valence-corrected chi connectivity index (χ1v) is 7.53. The van der Waals surface area contributed by atoms with Gasteiger partial charge in [-0.2, -0.15) is 0 Å². The summed E-state index contributed by atoms with van der Waals surface area (Å²) in [5, 5.41) is 1.25. The molecule has 0 spiro atoms. The first kappa shape index (κ1) is 14.3. The van der Waals surface area contributed by atoms with Crippen molar-refractivity contribution in [2.24, 2.45) is 0 Å². The van der Waals surface area contributed by atoms with Gasteiger partial charge < -0.3 is 4.74 Å². The number of halogens is 2. The molecule has 0 atom stereocenters. The number of methoxy groups -OCH3 is 1. The van der Waals surface area contributed by atoms with Crippen molar-refractivity contribution in [2.45, 2.75) is 6.92 Å². The Bertz CT molecular complexity index is 836. The molecule has 0 aliphatic rings. The van der Waals surface area contributed by atoms with Crippen molar-refractivity contribution < 1.29 is 4.74 Å². The minimum Gasteiger partial charge on any atom is -0.496 e. The average molecular weight is 364 g/mol. The van der Waals surface area contributed by atoms with Gasteiger partial charge in [0.2, 0.25) is 0 Å². The number of benzene rings is 2. The molecule has 0 fully saturated rings. The lowest BCUT2D eigenvalue weighted by Gasteiger charge is -2.10. The summed E-state index contributed by atoms with van der Waals surface area (Å²) in [5.74, 6) is 1.29. The summed E-state index contributed by atoms with van der Waals surface area (Å²) in [6, 6.07) is 11.7. The van der Waals surface area contributed by atoms with E-state index in [-0.39, 0.29) is 0 Å². The summed E-state index contributed by atoms with van der Waals surface area (Å²) >= 11 is 9.73. The molecule has 0 amide bonds. The van der Waals surface area contributed by atoms with Gasteiger partial charge in [0.25, 0.3) is 0 Å². The van der Waals surface area contributed by atoms with Crippen LogP contribution < -0.4 is 4.74 Å². The maximum atomic E-state index is 6.31. The van der Waals surface area contributed by atoms with Crippen molar-refractivity contribution in [1.29, 1.82) is 0 Å². The zero-order valence-corrected chi connectivity index (χ0v) is 13.9. The van der Waals surface area contributed by atoms with Crippen LogP contribution >= 0.6 is 27.5 Å². The SMILES string of the molecule is COc1ccc(C)cc1-c1nc(Cl)c2cc(Br)ccc2n1. The average Bonchev–Trinajstić information content (AvgIpc) is 2.47. The number of hydrogen-bond donors (Lipinski definition) is 0. The topological polar surface area (TPSA) is 35.0 Å². The summed E-state index contributed by atoms with van der Waals surface area (Å²) in [5.41, 5.74) is 2.75. The second kappa shape index (κ2) is 5.62. The van der Waals surface area contributed by atoms with E-state index < -0.39 is 0 Å². The highest BCUT2D eigenvalue weighted by molar-refractivity contribution is 9.10. The van der Waals surface area contributed by atoms with E-state index in [0.29, 0.717) is 11.0 Å². The van der Waals surface area contributed by atoms with Crippen molar-refractivity contribution in [3.63, 3.8) is 0 Å². The van der Waals surface area contributed by atoms with E-state index in [1.54, 1.807) is 7.11 Å². The molecule has 0 bridgehead atoms. The van der Waals surface area contributed by atoms with Crippen LogP contribution in [-0.2, 0) is 0 Å². The first-order chi connectivity index (χ1) is 10.1. The van der Waals surface area contributed by atoms with E-state index in [2.05, 4.69) is 25.9 Å². The first-order valence-electron chi connectivity index (χ1n) is 6.36. The fraction of sp³-hybridized carbons (Fsp3) is 0.125. The van der Waals surface area contributed by atoms with E-state index >= 15 is 0 Å². The highest BCUT2D eigenvalue weighted by atomic mass is 79.9. The normalized spacial score (nSPS) is 10.9. The molecular weight excluding hydrogens is 352 g/mol. The van der Waals surface area contributed by atoms with Gasteiger partial charge in [-0.05, 0) is 37.3 Å². The monoisotopic (exact) mass is 362 g/mol. The predicted octanol–water partition coefficient (Wildman–Crippen LogP) is 5.03. The van der Waals surface area contributed by atoms with Gasteiger partial charge in [-0.3, -0.25) is 0 Å². The molecule has 21 heavy (non-hydrogen) atoms. The summed E-state index contributed by atoms with van der Waals surface area (Å²) in [6.07, 6.45) is 0. The number of ether oxygens (including phenoxy) is 1. The van der Waals surface area contributed by atoms with Crippen molar-refractivity contribution in [1.82, 2.24) is 9.97 Å². The maximum absolute atomic E-state index is 6.31. The molecule has 0 unspecified atom stereocenters. The molecule has 2 aromatic carbocycles. The van der Waals surface area contributed by atoms with Crippen LogP contribution in [0.3, 0.4) is 0 Å². The highest BCUT2D eigenvalue weighted by Gasteiger charge is 2.12. The van der Waals surface area contributed by atoms with E-state index in [4.69, 9.17) is 16.3 Å². The fourth-order valence-electron chi connectivity index (χ4n) is 2.18. The number of fused-ring (bicyclic) bond motifs is 1. The lowest BCUT2D eigenvalue weighted by molar-refractivity contribution is 0.416. The Hall–Kier alpha value is -1.65. The molecule has 0 saturated carbocycles. The summed E-state index contributed by atoms with van der Waals surface area (Å²) in [6.45, 7) is 2.02. The third kappa shape index (κ3) is 2.74. The second-order valence-electron chi connectivity index (χ2n) is 4.70. The third-order valence-electron chi connectivity index (χ3n) is 3.21. The van der Waals surface area contributed by atoms with Gasteiger partial charge in [0.05, 0.1) is 18.2 Å². The summed E-state index contributed by atoms with van der Waals surface area (Å²) in [7, 11) is 1.63. The Balaban J connectivity index is 2.26. The van der Waals surface area contributed by atoms with Crippen molar-refractivity contribution in [3.05, 3.63) is 51.6 Å². The summed E-state index contributed by atoms with van der Waals surface area (Å²) < 4.78 is 6.34. The number of rotatable bonds is 2. The van der Waals surface area contributed by atoms with Gasteiger partial charge in [0.15, 0.2) is 5.82 Å². The predicted molar refractivity (Wildman–Crippen MR) is 89.0 cm³/mol. The number of hydrogen-bond acceptors (Lipinski definition) is 3. The van der Waals surface area contributed by atoms with Crippen LogP contribution in [0.15, 0.2) is 40.9 Å². The largest absolute Gasteiger partial charge is 0.496 e. The molecule has 5 heteroatoms. The molecular formula is C16H12BrClN2O.